The van der Waals surface area contributed by atoms with Crippen molar-refractivity contribution in [1.82, 2.24) is 4.90 Å². The molecule has 3 N–H and O–H groups in total. The van der Waals surface area contributed by atoms with E-state index in [1.54, 1.807) is 25.3 Å². The number of rotatable bonds is 4. The van der Waals surface area contributed by atoms with Gasteiger partial charge in [-0.3, -0.25) is 9.69 Å². The lowest BCUT2D eigenvalue weighted by molar-refractivity contribution is -0.117. The Bertz CT molecular complexity index is 514. The second kappa shape index (κ2) is 8.58. The summed E-state index contributed by atoms with van der Waals surface area (Å²) in [6, 6.07) is 5.38. The van der Waals surface area contributed by atoms with E-state index in [9.17, 15) is 4.79 Å². The van der Waals surface area contributed by atoms with Gasteiger partial charge in [-0.15, -0.1) is 12.4 Å². The molecule has 1 aromatic rings. The fourth-order valence-corrected chi connectivity index (χ4v) is 2.74. The molecule has 0 radical (unpaired) electrons. The molecule has 1 amide bonds. The Balaban J connectivity index is 0.00000242. The van der Waals surface area contributed by atoms with Gasteiger partial charge < -0.3 is 15.8 Å². The van der Waals surface area contributed by atoms with Crippen LogP contribution in [0.5, 0.6) is 5.75 Å². The van der Waals surface area contributed by atoms with Crippen molar-refractivity contribution in [2.24, 2.45) is 11.7 Å². The van der Waals surface area contributed by atoms with Crippen molar-refractivity contribution in [3.05, 3.63) is 23.2 Å². The van der Waals surface area contributed by atoms with E-state index >= 15 is 0 Å². The van der Waals surface area contributed by atoms with Crippen molar-refractivity contribution in [3.63, 3.8) is 0 Å². The number of piperidine rings is 1. The van der Waals surface area contributed by atoms with Crippen LogP contribution in [0.2, 0.25) is 5.02 Å². The maximum absolute atomic E-state index is 12.2. The van der Waals surface area contributed by atoms with E-state index in [1.165, 1.54) is 0 Å². The minimum absolute atomic E-state index is 0. The van der Waals surface area contributed by atoms with Gasteiger partial charge >= 0.3 is 0 Å². The first kappa shape index (κ1) is 19.0. The van der Waals surface area contributed by atoms with Crippen LogP contribution < -0.4 is 15.8 Å². The maximum atomic E-state index is 12.2. The third-order valence-corrected chi connectivity index (χ3v) is 4.09. The third-order valence-electron chi connectivity index (χ3n) is 3.86. The first-order chi connectivity index (χ1) is 9.99. The Morgan fingerprint density at radius 1 is 1.55 bits per heavy atom. The van der Waals surface area contributed by atoms with Crippen molar-refractivity contribution in [3.8, 4) is 5.75 Å². The van der Waals surface area contributed by atoms with E-state index < -0.39 is 0 Å². The predicted octanol–water partition coefficient (Wildman–Crippen LogP) is 2.38. The van der Waals surface area contributed by atoms with E-state index in [0.717, 1.165) is 19.5 Å². The van der Waals surface area contributed by atoms with E-state index in [1.807, 2.05) is 0 Å². The minimum atomic E-state index is -0.0711. The zero-order valence-electron chi connectivity index (χ0n) is 12.8. The smallest absolute Gasteiger partial charge is 0.238 e. The average Bonchev–Trinajstić information content (AvgIpc) is 2.43. The van der Waals surface area contributed by atoms with Crippen molar-refractivity contribution >= 4 is 35.6 Å². The normalized spacial score (nSPS) is 21.8. The third kappa shape index (κ3) is 5.02. The van der Waals surface area contributed by atoms with Crippen molar-refractivity contribution in [2.45, 2.75) is 19.4 Å². The Morgan fingerprint density at radius 3 is 2.91 bits per heavy atom. The van der Waals surface area contributed by atoms with Gasteiger partial charge in [0, 0.05) is 24.2 Å². The number of benzene rings is 1. The second-order valence-electron chi connectivity index (χ2n) is 5.56. The Hall–Kier alpha value is -1.01. The quantitative estimate of drug-likeness (QED) is 0.877. The van der Waals surface area contributed by atoms with Crippen LogP contribution in [0.4, 0.5) is 5.69 Å². The van der Waals surface area contributed by atoms with Crippen molar-refractivity contribution in [1.29, 1.82) is 0 Å². The number of carbonyl (C=O) groups excluding carboxylic acids is 1. The van der Waals surface area contributed by atoms with Crippen LogP contribution in [-0.2, 0) is 4.79 Å². The summed E-state index contributed by atoms with van der Waals surface area (Å²) >= 11 is 5.95. The number of hydrogen-bond acceptors (Lipinski definition) is 4. The summed E-state index contributed by atoms with van der Waals surface area (Å²) in [6.07, 6.45) is 0.926. The summed E-state index contributed by atoms with van der Waals surface area (Å²) in [4.78, 5) is 14.3. The highest BCUT2D eigenvalue weighted by molar-refractivity contribution is 6.31. The number of nitrogens with one attached hydrogen (secondary N) is 1. The summed E-state index contributed by atoms with van der Waals surface area (Å²) in [5.41, 5.74) is 6.59. The molecule has 124 valence electrons. The molecule has 2 unspecified atom stereocenters. The van der Waals surface area contributed by atoms with Crippen molar-refractivity contribution < 1.29 is 9.53 Å². The molecule has 7 heteroatoms. The van der Waals surface area contributed by atoms with E-state index in [4.69, 9.17) is 22.1 Å². The predicted molar refractivity (Wildman–Crippen MR) is 92.1 cm³/mol. The Morgan fingerprint density at radius 2 is 2.27 bits per heavy atom. The summed E-state index contributed by atoms with van der Waals surface area (Å²) in [6.45, 7) is 4.17. The molecule has 1 aromatic carbocycles. The van der Waals surface area contributed by atoms with Gasteiger partial charge in [-0.2, -0.15) is 0 Å². The molecule has 22 heavy (non-hydrogen) atoms. The van der Waals surface area contributed by atoms with Crippen LogP contribution in [0.3, 0.4) is 0 Å². The van der Waals surface area contributed by atoms with Gasteiger partial charge in [-0.25, -0.2) is 0 Å². The van der Waals surface area contributed by atoms with Crippen LogP contribution in [0, 0.1) is 5.92 Å². The molecule has 2 atom stereocenters. The topological polar surface area (TPSA) is 67.6 Å². The number of nitrogens with two attached hydrogens (primary N) is 1. The van der Waals surface area contributed by atoms with Gasteiger partial charge in [0.05, 0.1) is 19.3 Å². The van der Waals surface area contributed by atoms with E-state index in [0.29, 0.717) is 28.9 Å². The zero-order chi connectivity index (χ0) is 15.4. The van der Waals surface area contributed by atoms with Crippen LogP contribution in [-0.4, -0.2) is 43.6 Å². The Kier molecular flexibility index (Phi) is 7.42. The van der Waals surface area contributed by atoms with Gasteiger partial charge in [0.2, 0.25) is 5.91 Å². The van der Waals surface area contributed by atoms with Crippen LogP contribution in [0.15, 0.2) is 18.2 Å². The molecule has 2 rings (SSSR count). The van der Waals surface area contributed by atoms with Gasteiger partial charge in [0.15, 0.2) is 0 Å². The fraction of sp³-hybridized carbons (Fsp3) is 0.533. The molecule has 0 aromatic heterocycles. The molecule has 0 saturated carbocycles. The van der Waals surface area contributed by atoms with Crippen LogP contribution >= 0.6 is 24.0 Å². The van der Waals surface area contributed by atoms with Crippen LogP contribution in [0.25, 0.3) is 0 Å². The largest absolute Gasteiger partial charge is 0.495 e. The lowest BCUT2D eigenvalue weighted by Gasteiger charge is -2.34. The van der Waals surface area contributed by atoms with Gasteiger partial charge in [-0.1, -0.05) is 18.5 Å². The fourth-order valence-electron chi connectivity index (χ4n) is 2.56. The lowest BCUT2D eigenvalue weighted by atomic mass is 9.95. The SMILES string of the molecule is COc1ccc(Cl)cc1NC(=O)CN1CCC(N)C(C)C1.Cl. The maximum Gasteiger partial charge on any atom is 0.238 e. The minimum Gasteiger partial charge on any atom is -0.495 e. The highest BCUT2D eigenvalue weighted by Gasteiger charge is 2.24. The van der Waals surface area contributed by atoms with Gasteiger partial charge in [-0.05, 0) is 30.5 Å². The highest BCUT2D eigenvalue weighted by Crippen LogP contribution is 2.27. The summed E-state index contributed by atoms with van der Waals surface area (Å²) in [7, 11) is 1.56. The van der Waals surface area contributed by atoms with Crippen molar-refractivity contribution in [2.75, 3.05) is 32.1 Å². The van der Waals surface area contributed by atoms with Gasteiger partial charge in [0.25, 0.3) is 0 Å². The molecule has 1 aliphatic heterocycles. The summed E-state index contributed by atoms with van der Waals surface area (Å²) in [5, 5.41) is 3.41. The molecule has 0 bridgehead atoms. The number of nitrogens with zero attached hydrogens (tertiary/aromatic N) is 1. The molecular formula is C15H23Cl2N3O2. The molecule has 0 aliphatic carbocycles. The zero-order valence-corrected chi connectivity index (χ0v) is 14.4. The molecular weight excluding hydrogens is 325 g/mol. The van der Waals surface area contributed by atoms with Gasteiger partial charge in [0.1, 0.15) is 5.75 Å². The first-order valence-corrected chi connectivity index (χ1v) is 7.48. The summed E-state index contributed by atoms with van der Waals surface area (Å²) < 4.78 is 5.22. The number of carbonyl (C=O) groups is 1. The second-order valence-corrected chi connectivity index (χ2v) is 5.99. The molecule has 1 fully saturated rings. The lowest BCUT2D eigenvalue weighted by Crippen LogP contribution is -2.48. The molecule has 0 spiro atoms. The number of hydrogen-bond donors (Lipinski definition) is 2. The monoisotopic (exact) mass is 347 g/mol. The first-order valence-electron chi connectivity index (χ1n) is 7.11. The Labute approximate surface area is 142 Å². The van der Waals surface area contributed by atoms with Crippen LogP contribution in [0.1, 0.15) is 13.3 Å². The molecule has 1 aliphatic rings. The number of likely N-dealkylation sites (tertiary alicyclic amines) is 1. The molecule has 1 heterocycles. The highest BCUT2D eigenvalue weighted by atomic mass is 35.5. The molecule has 1 saturated heterocycles. The molecule has 5 nitrogen and oxygen atoms in total. The number of methoxy groups -OCH3 is 1. The van der Waals surface area contributed by atoms with E-state index in [-0.39, 0.29) is 24.4 Å². The average molecular weight is 348 g/mol. The summed E-state index contributed by atoms with van der Waals surface area (Å²) in [5.74, 6) is 0.937. The number of anilines is 1. The number of amides is 1. The number of halogens is 2. The number of ether oxygens (including phenoxy) is 1. The van der Waals surface area contributed by atoms with E-state index in [2.05, 4.69) is 17.1 Å². The standard InChI is InChI=1S/C15H22ClN3O2.ClH/c1-10-8-19(6-5-12(10)17)9-15(20)18-13-7-11(16)3-4-14(13)21-2;/h3-4,7,10,12H,5-6,8-9,17H2,1-2H3,(H,18,20);1H.